The highest BCUT2D eigenvalue weighted by Gasteiger charge is 2.18. The van der Waals surface area contributed by atoms with Crippen LogP contribution in [0.5, 0.6) is 0 Å². The third-order valence-electron chi connectivity index (χ3n) is 3.49. The molecule has 1 amide bonds. The average Bonchev–Trinajstić information content (AvgIpc) is 3.04. The van der Waals surface area contributed by atoms with Crippen molar-refractivity contribution in [2.24, 2.45) is 7.05 Å². The van der Waals surface area contributed by atoms with Gasteiger partial charge in [-0.25, -0.2) is 4.98 Å². The Kier molecular flexibility index (Phi) is 3.21. The molecule has 0 radical (unpaired) electrons. The zero-order valence-electron chi connectivity index (χ0n) is 12.2. The van der Waals surface area contributed by atoms with Gasteiger partial charge in [0.15, 0.2) is 5.82 Å². The van der Waals surface area contributed by atoms with E-state index in [1.54, 1.807) is 0 Å². The number of aromatic amines is 1. The molecule has 0 spiro atoms. The van der Waals surface area contributed by atoms with Crippen LogP contribution in [-0.4, -0.2) is 25.7 Å². The largest absolute Gasteiger partial charge is 0.350 e. The summed E-state index contributed by atoms with van der Waals surface area (Å²) >= 11 is 0. The summed E-state index contributed by atoms with van der Waals surface area (Å²) in [4.78, 5) is 16.7. The smallest absolute Gasteiger partial charge is 0.254 e. The summed E-state index contributed by atoms with van der Waals surface area (Å²) < 4.78 is 1.95. The Balaban J connectivity index is 1.87. The number of nitrogens with zero attached hydrogens (tertiary/aromatic N) is 3. The standard InChI is InChI=1S/C15H17N5O/c1-9(14-17-10(2)18-19-14)16-15(21)12-8-20(3)13-7-5-4-6-11(12)13/h4-9H,1-3H3,(H,16,21)(H,17,18,19)/t9-/m0/s1. The molecule has 108 valence electrons. The van der Waals surface area contributed by atoms with E-state index < -0.39 is 0 Å². The van der Waals surface area contributed by atoms with Crippen molar-refractivity contribution >= 4 is 16.8 Å². The van der Waals surface area contributed by atoms with E-state index in [0.29, 0.717) is 11.4 Å². The van der Waals surface area contributed by atoms with Gasteiger partial charge in [0, 0.05) is 24.1 Å². The van der Waals surface area contributed by atoms with Crippen molar-refractivity contribution in [3.63, 3.8) is 0 Å². The first kappa shape index (κ1) is 13.4. The van der Waals surface area contributed by atoms with Gasteiger partial charge in [-0.3, -0.25) is 9.89 Å². The Morgan fingerprint density at radius 2 is 2.14 bits per heavy atom. The molecule has 2 heterocycles. The number of fused-ring (bicyclic) bond motifs is 1. The number of aryl methyl sites for hydroxylation is 2. The molecule has 0 aliphatic heterocycles. The molecule has 6 heteroatoms. The molecular weight excluding hydrogens is 266 g/mol. The van der Waals surface area contributed by atoms with E-state index in [1.165, 1.54) is 0 Å². The number of H-pyrrole nitrogens is 1. The highest BCUT2D eigenvalue weighted by molar-refractivity contribution is 6.07. The second-order valence-corrected chi connectivity index (χ2v) is 5.14. The summed E-state index contributed by atoms with van der Waals surface area (Å²) in [5, 5.41) is 10.7. The van der Waals surface area contributed by atoms with Gasteiger partial charge < -0.3 is 9.88 Å². The van der Waals surface area contributed by atoms with E-state index in [2.05, 4.69) is 20.5 Å². The number of benzene rings is 1. The van der Waals surface area contributed by atoms with E-state index in [4.69, 9.17) is 0 Å². The van der Waals surface area contributed by atoms with E-state index in [9.17, 15) is 4.79 Å². The fourth-order valence-electron chi connectivity index (χ4n) is 2.42. The Labute approximate surface area is 122 Å². The van der Waals surface area contributed by atoms with Gasteiger partial charge in [-0.15, -0.1) is 0 Å². The van der Waals surface area contributed by atoms with Crippen LogP contribution >= 0.6 is 0 Å². The van der Waals surface area contributed by atoms with Crippen molar-refractivity contribution in [2.45, 2.75) is 19.9 Å². The summed E-state index contributed by atoms with van der Waals surface area (Å²) in [6, 6.07) is 7.59. The molecule has 2 aromatic heterocycles. The normalized spacial score (nSPS) is 12.5. The number of nitrogens with one attached hydrogen (secondary N) is 2. The molecule has 6 nitrogen and oxygen atoms in total. The van der Waals surface area contributed by atoms with Crippen LogP contribution in [0.2, 0.25) is 0 Å². The lowest BCUT2D eigenvalue weighted by Crippen LogP contribution is -2.27. The van der Waals surface area contributed by atoms with Crippen LogP contribution < -0.4 is 5.32 Å². The van der Waals surface area contributed by atoms with Gasteiger partial charge in [0.05, 0.1) is 11.6 Å². The van der Waals surface area contributed by atoms with E-state index >= 15 is 0 Å². The monoisotopic (exact) mass is 283 g/mol. The lowest BCUT2D eigenvalue weighted by atomic mass is 10.1. The number of hydrogen-bond acceptors (Lipinski definition) is 3. The zero-order chi connectivity index (χ0) is 15.0. The Hall–Kier alpha value is -2.63. The predicted molar refractivity (Wildman–Crippen MR) is 79.9 cm³/mol. The van der Waals surface area contributed by atoms with Gasteiger partial charge in [0.2, 0.25) is 0 Å². The first-order valence-corrected chi connectivity index (χ1v) is 6.80. The van der Waals surface area contributed by atoms with Crippen LogP contribution in [0.15, 0.2) is 30.5 Å². The van der Waals surface area contributed by atoms with Gasteiger partial charge in [-0.1, -0.05) is 18.2 Å². The molecule has 0 fully saturated rings. The Bertz CT molecular complexity index is 801. The maximum Gasteiger partial charge on any atom is 0.254 e. The molecule has 0 aliphatic carbocycles. The average molecular weight is 283 g/mol. The number of rotatable bonds is 3. The van der Waals surface area contributed by atoms with Crippen LogP contribution in [0, 0.1) is 6.92 Å². The number of carbonyl (C=O) groups is 1. The minimum Gasteiger partial charge on any atom is -0.350 e. The van der Waals surface area contributed by atoms with E-state index in [1.807, 2.05) is 55.9 Å². The molecule has 0 bridgehead atoms. The van der Waals surface area contributed by atoms with E-state index in [0.717, 1.165) is 16.7 Å². The van der Waals surface area contributed by atoms with Crippen LogP contribution in [0.25, 0.3) is 10.9 Å². The van der Waals surface area contributed by atoms with Crippen molar-refractivity contribution in [3.05, 3.63) is 47.7 Å². The minimum atomic E-state index is -0.249. The maximum absolute atomic E-state index is 12.5. The van der Waals surface area contributed by atoms with Crippen molar-refractivity contribution in [1.29, 1.82) is 0 Å². The lowest BCUT2D eigenvalue weighted by Gasteiger charge is -2.09. The Morgan fingerprint density at radius 3 is 2.86 bits per heavy atom. The molecule has 0 unspecified atom stereocenters. The van der Waals surface area contributed by atoms with Crippen molar-refractivity contribution in [2.75, 3.05) is 0 Å². The Morgan fingerprint density at radius 1 is 1.38 bits per heavy atom. The van der Waals surface area contributed by atoms with Gasteiger partial charge in [0.25, 0.3) is 5.91 Å². The highest BCUT2D eigenvalue weighted by Crippen LogP contribution is 2.21. The van der Waals surface area contributed by atoms with Crippen LogP contribution in [0.1, 0.15) is 35.0 Å². The minimum absolute atomic E-state index is 0.123. The SMILES string of the molecule is Cc1nc([C@H](C)NC(=O)c2cn(C)c3ccccc23)n[nH]1. The van der Waals surface area contributed by atoms with Gasteiger partial charge in [0.1, 0.15) is 5.82 Å². The molecule has 21 heavy (non-hydrogen) atoms. The third-order valence-corrected chi connectivity index (χ3v) is 3.49. The lowest BCUT2D eigenvalue weighted by molar-refractivity contribution is 0.0940. The van der Waals surface area contributed by atoms with Crippen molar-refractivity contribution in [3.8, 4) is 0 Å². The maximum atomic E-state index is 12.5. The zero-order valence-corrected chi connectivity index (χ0v) is 12.2. The van der Waals surface area contributed by atoms with Gasteiger partial charge >= 0.3 is 0 Å². The molecule has 0 saturated heterocycles. The topological polar surface area (TPSA) is 75.6 Å². The van der Waals surface area contributed by atoms with Crippen LogP contribution in [-0.2, 0) is 7.05 Å². The quantitative estimate of drug-likeness (QED) is 0.773. The summed E-state index contributed by atoms with van der Waals surface area (Å²) in [6.07, 6.45) is 1.84. The first-order chi connectivity index (χ1) is 10.1. The molecule has 0 saturated carbocycles. The number of hydrogen-bond donors (Lipinski definition) is 2. The molecule has 3 aromatic rings. The highest BCUT2D eigenvalue weighted by atomic mass is 16.1. The molecular formula is C15H17N5O. The van der Waals surface area contributed by atoms with E-state index in [-0.39, 0.29) is 11.9 Å². The summed E-state index contributed by atoms with van der Waals surface area (Å²) in [7, 11) is 1.93. The summed E-state index contributed by atoms with van der Waals surface area (Å²) in [5.41, 5.74) is 1.69. The first-order valence-electron chi connectivity index (χ1n) is 6.80. The number of aromatic nitrogens is 4. The molecule has 2 N–H and O–H groups in total. The summed E-state index contributed by atoms with van der Waals surface area (Å²) in [5.74, 6) is 1.19. The number of carbonyl (C=O) groups excluding carboxylic acids is 1. The van der Waals surface area contributed by atoms with Crippen LogP contribution in [0.3, 0.4) is 0 Å². The number of para-hydroxylation sites is 1. The van der Waals surface area contributed by atoms with Crippen molar-refractivity contribution < 1.29 is 4.79 Å². The second kappa shape index (κ2) is 5.05. The predicted octanol–water partition coefficient (Wildman–Crippen LogP) is 2.10. The third kappa shape index (κ3) is 2.40. The fraction of sp³-hybridized carbons (Fsp3) is 0.267. The molecule has 1 atom stereocenters. The summed E-state index contributed by atoms with van der Waals surface area (Å²) in [6.45, 7) is 3.70. The fourth-order valence-corrected chi connectivity index (χ4v) is 2.42. The molecule has 0 aliphatic rings. The molecule has 1 aromatic carbocycles. The van der Waals surface area contributed by atoms with Gasteiger partial charge in [-0.2, -0.15) is 5.10 Å². The second-order valence-electron chi connectivity index (χ2n) is 5.14. The number of amides is 1. The van der Waals surface area contributed by atoms with Crippen molar-refractivity contribution in [1.82, 2.24) is 25.1 Å². The van der Waals surface area contributed by atoms with Crippen LogP contribution in [0.4, 0.5) is 0 Å². The van der Waals surface area contributed by atoms with Gasteiger partial charge in [-0.05, 0) is 19.9 Å². The molecule has 3 rings (SSSR count).